The van der Waals surface area contributed by atoms with Crippen LogP contribution in [0.3, 0.4) is 0 Å². The Morgan fingerprint density at radius 1 is 1.43 bits per heavy atom. The summed E-state index contributed by atoms with van der Waals surface area (Å²) in [5.41, 5.74) is 1.51. The van der Waals surface area contributed by atoms with E-state index in [1.54, 1.807) is 5.43 Å². The third-order valence-corrected chi connectivity index (χ3v) is 3.49. The van der Waals surface area contributed by atoms with Gasteiger partial charge in [-0.3, -0.25) is 9.35 Å². The van der Waals surface area contributed by atoms with Crippen molar-refractivity contribution in [2.24, 2.45) is 5.10 Å². The van der Waals surface area contributed by atoms with Crippen molar-refractivity contribution in [3.63, 3.8) is 0 Å². The van der Waals surface area contributed by atoms with Crippen LogP contribution in [0.15, 0.2) is 46.3 Å². The fourth-order valence-corrected chi connectivity index (χ4v) is 2.28. The summed E-state index contributed by atoms with van der Waals surface area (Å²) >= 11 is 0. The molecular weight excluding hydrogens is 338 g/mol. The maximum absolute atomic E-state index is 13.2. The number of carbonyl (C=O) groups is 1. The summed E-state index contributed by atoms with van der Waals surface area (Å²) in [5, 5.41) is 11.7. The lowest BCUT2D eigenvalue weighted by Crippen LogP contribution is -2.40. The van der Waals surface area contributed by atoms with Crippen molar-refractivity contribution in [3.05, 3.63) is 36.3 Å². The molecule has 1 aromatic rings. The number of nitrogens with one attached hydrogen (secondary N) is 1. The molecule has 1 heterocycles. The average molecular weight is 348 g/mol. The highest BCUT2D eigenvalue weighted by atomic mass is 32.2. The number of halogens is 2. The van der Waals surface area contributed by atoms with E-state index in [1.165, 1.54) is 12.1 Å². The monoisotopic (exact) mass is 348 g/mol. The predicted molar refractivity (Wildman–Crippen MR) is 73.9 cm³/mol. The first-order chi connectivity index (χ1) is 10.7. The van der Waals surface area contributed by atoms with Gasteiger partial charge in [0.1, 0.15) is 6.54 Å². The van der Waals surface area contributed by atoms with Gasteiger partial charge in [0.25, 0.3) is 10.1 Å². The van der Waals surface area contributed by atoms with Gasteiger partial charge in [-0.15, -0.1) is 5.10 Å². The molecular formula is C11H10F2N4O5S. The highest BCUT2D eigenvalue weighted by Crippen LogP contribution is 2.21. The molecule has 0 atom stereocenters. The van der Waals surface area contributed by atoms with Gasteiger partial charge in [-0.1, -0.05) is 10.5 Å². The summed E-state index contributed by atoms with van der Waals surface area (Å²) in [6, 6.07) is 4.52. The van der Waals surface area contributed by atoms with Crippen molar-refractivity contribution in [2.75, 3.05) is 11.4 Å². The zero-order valence-electron chi connectivity index (χ0n) is 11.2. The van der Waals surface area contributed by atoms with Crippen LogP contribution in [-0.2, 0) is 14.9 Å². The molecule has 124 valence electrons. The van der Waals surface area contributed by atoms with E-state index in [9.17, 15) is 22.1 Å². The number of carboxylic acids is 1. The van der Waals surface area contributed by atoms with Crippen LogP contribution in [0.25, 0.3) is 0 Å². The van der Waals surface area contributed by atoms with E-state index in [4.69, 9.17) is 9.66 Å². The molecule has 0 fully saturated rings. The van der Waals surface area contributed by atoms with E-state index >= 15 is 0 Å². The Balaban J connectivity index is 2.50. The van der Waals surface area contributed by atoms with Gasteiger partial charge in [-0.2, -0.15) is 12.8 Å². The molecule has 0 amide bonds. The molecule has 12 heteroatoms. The number of hydrogen-bond acceptors (Lipinski definition) is 7. The fourth-order valence-electron chi connectivity index (χ4n) is 1.76. The molecule has 23 heavy (non-hydrogen) atoms. The Labute approximate surface area is 128 Å². The number of benzene rings is 1. The first-order valence-electron chi connectivity index (χ1n) is 5.92. The Bertz CT molecular complexity index is 795. The van der Waals surface area contributed by atoms with Gasteiger partial charge in [-0.25, -0.2) is 5.43 Å². The summed E-state index contributed by atoms with van der Waals surface area (Å²) in [7, 11) is -4.54. The second-order valence-electron chi connectivity index (χ2n) is 4.27. The molecule has 0 radical (unpaired) electrons. The number of hydrazone groups is 1. The number of hydrogen-bond donors (Lipinski definition) is 3. The molecule has 0 saturated carbocycles. The van der Waals surface area contributed by atoms with Crippen LogP contribution in [0.1, 0.15) is 0 Å². The van der Waals surface area contributed by atoms with E-state index in [2.05, 4.69) is 5.10 Å². The minimum Gasteiger partial charge on any atom is -0.480 e. The van der Waals surface area contributed by atoms with E-state index in [0.29, 0.717) is 0 Å². The van der Waals surface area contributed by atoms with Crippen LogP contribution in [-0.4, -0.2) is 41.8 Å². The van der Waals surface area contributed by atoms with Crippen molar-refractivity contribution >= 4 is 27.6 Å². The van der Waals surface area contributed by atoms with Crippen molar-refractivity contribution < 1.29 is 31.7 Å². The third-order valence-electron chi connectivity index (χ3n) is 2.64. The SMILES string of the molecule is O=C(O)CN(C1=NN(F)NC(F)=C1)c1cccc(S(=O)(=O)O)c1. The minimum absolute atomic E-state index is 0.0550. The van der Waals surface area contributed by atoms with Crippen LogP contribution in [0.5, 0.6) is 0 Å². The normalized spacial score (nSPS) is 14.7. The number of anilines is 1. The number of nitrogens with zero attached hydrogens (tertiary/aromatic N) is 3. The number of hydrazine groups is 1. The van der Waals surface area contributed by atoms with Crippen molar-refractivity contribution in [2.45, 2.75) is 4.90 Å². The van der Waals surface area contributed by atoms with E-state index < -0.39 is 44.7 Å². The van der Waals surface area contributed by atoms with Crippen molar-refractivity contribution in [1.82, 2.24) is 10.8 Å². The largest absolute Gasteiger partial charge is 0.480 e. The fraction of sp³-hybridized carbons (Fsp3) is 0.0909. The lowest BCUT2D eigenvalue weighted by molar-refractivity contribution is -0.135. The lowest BCUT2D eigenvalue weighted by atomic mass is 10.2. The van der Waals surface area contributed by atoms with Gasteiger partial charge in [0.15, 0.2) is 5.84 Å². The average Bonchev–Trinajstić information content (AvgIpc) is 2.42. The maximum atomic E-state index is 13.2. The summed E-state index contributed by atoms with van der Waals surface area (Å²) in [6.45, 7) is -0.759. The lowest BCUT2D eigenvalue weighted by Gasteiger charge is -2.26. The molecule has 0 bridgehead atoms. The molecule has 0 aliphatic carbocycles. The van der Waals surface area contributed by atoms with Gasteiger partial charge in [-0.05, 0) is 23.5 Å². The van der Waals surface area contributed by atoms with Gasteiger partial charge < -0.3 is 10.0 Å². The number of carboxylic acid groups (broad SMARTS) is 1. The molecule has 0 spiro atoms. The van der Waals surface area contributed by atoms with Gasteiger partial charge in [0.05, 0.1) is 4.90 Å². The number of rotatable bonds is 4. The molecule has 1 aliphatic heterocycles. The molecule has 0 saturated heterocycles. The molecule has 0 aromatic heterocycles. The van der Waals surface area contributed by atoms with Crippen LogP contribution < -0.4 is 10.3 Å². The van der Waals surface area contributed by atoms with Gasteiger partial charge in [0, 0.05) is 11.8 Å². The Kier molecular flexibility index (Phi) is 4.47. The standard InChI is InChI=1S/C11H10F2N4O5S/c12-9-5-10(15-17(13)14-9)16(6-11(18)19)7-2-1-3-8(4-7)23(20,21)22/h1-5,14H,6H2,(H,18,19)(H,20,21,22). The zero-order chi connectivity index (χ0) is 17.2. The highest BCUT2D eigenvalue weighted by Gasteiger charge is 2.22. The summed E-state index contributed by atoms with van der Waals surface area (Å²) in [4.78, 5) is 11.3. The summed E-state index contributed by atoms with van der Waals surface area (Å²) in [6.07, 6.45) is 0.721. The molecule has 0 unspecified atom stereocenters. The van der Waals surface area contributed by atoms with Crippen LogP contribution in [0, 0.1) is 0 Å². The van der Waals surface area contributed by atoms with E-state index in [-0.39, 0.29) is 5.69 Å². The first-order valence-corrected chi connectivity index (χ1v) is 7.36. The molecule has 2 rings (SSSR count). The smallest absolute Gasteiger partial charge is 0.323 e. The quantitative estimate of drug-likeness (QED) is 0.412. The van der Waals surface area contributed by atoms with Crippen LogP contribution in [0.2, 0.25) is 0 Å². The molecule has 9 nitrogen and oxygen atoms in total. The molecule has 3 N–H and O–H groups in total. The zero-order valence-corrected chi connectivity index (χ0v) is 12.0. The Morgan fingerprint density at radius 3 is 2.70 bits per heavy atom. The number of aliphatic carboxylic acids is 1. The van der Waals surface area contributed by atoms with Crippen LogP contribution >= 0.6 is 0 Å². The highest BCUT2D eigenvalue weighted by molar-refractivity contribution is 7.85. The summed E-state index contributed by atoms with van der Waals surface area (Å²) < 4.78 is 57.7. The van der Waals surface area contributed by atoms with Gasteiger partial charge in [0.2, 0.25) is 5.95 Å². The third kappa shape index (κ3) is 4.14. The Morgan fingerprint density at radius 2 is 2.13 bits per heavy atom. The van der Waals surface area contributed by atoms with E-state index in [1.807, 2.05) is 0 Å². The second kappa shape index (κ2) is 6.18. The van der Waals surface area contributed by atoms with Crippen molar-refractivity contribution in [3.8, 4) is 0 Å². The van der Waals surface area contributed by atoms with Gasteiger partial charge >= 0.3 is 5.97 Å². The van der Waals surface area contributed by atoms with E-state index in [0.717, 1.165) is 23.1 Å². The minimum atomic E-state index is -4.54. The topological polar surface area (TPSA) is 123 Å². The number of amidine groups is 1. The summed E-state index contributed by atoms with van der Waals surface area (Å²) in [5.74, 6) is -2.93. The maximum Gasteiger partial charge on any atom is 0.323 e. The first kappa shape index (κ1) is 16.6. The van der Waals surface area contributed by atoms with Crippen molar-refractivity contribution in [1.29, 1.82) is 0 Å². The predicted octanol–water partition coefficient (Wildman–Crippen LogP) is 0.653. The second-order valence-corrected chi connectivity index (χ2v) is 5.70. The van der Waals surface area contributed by atoms with Crippen LogP contribution in [0.4, 0.5) is 14.6 Å². The Hall–Kier alpha value is -2.73. The molecule has 1 aliphatic rings. The molecule has 1 aromatic carbocycles.